The van der Waals surface area contributed by atoms with Crippen molar-refractivity contribution in [1.29, 1.82) is 0 Å². The molecule has 11 aromatic rings. The van der Waals surface area contributed by atoms with Gasteiger partial charge in [-0.05, 0) is 65.0 Å². The Kier molecular flexibility index (Phi) is 6.22. The summed E-state index contributed by atoms with van der Waals surface area (Å²) in [5.74, 6) is 0.680. The number of para-hydroxylation sites is 2. The summed E-state index contributed by atoms with van der Waals surface area (Å²) < 4.78 is 8.87. The van der Waals surface area contributed by atoms with Crippen molar-refractivity contribution < 1.29 is 4.42 Å². The maximum Gasteiger partial charge on any atom is 0.161 e. The highest BCUT2D eigenvalue weighted by molar-refractivity contribution is 6.14. The average molecular weight is 664 g/mol. The number of nitrogens with zero attached hydrogens (tertiary/aromatic N) is 3. The second kappa shape index (κ2) is 11.2. The number of fused-ring (bicyclic) bond motifs is 8. The lowest BCUT2D eigenvalue weighted by molar-refractivity contribution is 0.669. The maximum atomic E-state index is 6.46. The Morgan fingerprint density at radius 2 is 1.12 bits per heavy atom. The molecule has 4 heteroatoms. The molecule has 0 bridgehead atoms. The SMILES string of the molecule is c1ccc(-c2nc(-c3cccc4oc5ccc(-c6ccc7c(c6)c6ccccc6n7-c6cccc7ccccc67)cc5c34)nc3ccccc23)cc1. The Morgan fingerprint density at radius 1 is 0.423 bits per heavy atom. The molecule has 242 valence electrons. The van der Waals surface area contributed by atoms with Gasteiger partial charge < -0.3 is 8.98 Å². The molecular weight excluding hydrogens is 635 g/mol. The highest BCUT2D eigenvalue weighted by Gasteiger charge is 2.19. The molecular formula is C48H29N3O. The number of hydrogen-bond donors (Lipinski definition) is 0. The van der Waals surface area contributed by atoms with Crippen LogP contribution in [0.2, 0.25) is 0 Å². The van der Waals surface area contributed by atoms with Gasteiger partial charge in [0.2, 0.25) is 0 Å². The second-order valence-corrected chi connectivity index (χ2v) is 13.4. The van der Waals surface area contributed by atoms with Crippen LogP contribution in [0.15, 0.2) is 180 Å². The molecule has 3 aromatic heterocycles. The molecule has 8 aromatic carbocycles. The number of hydrogen-bond acceptors (Lipinski definition) is 3. The van der Waals surface area contributed by atoms with Crippen LogP contribution < -0.4 is 0 Å². The zero-order valence-corrected chi connectivity index (χ0v) is 28.0. The predicted molar refractivity (Wildman–Crippen MR) is 215 cm³/mol. The Morgan fingerprint density at radius 3 is 2.02 bits per heavy atom. The fraction of sp³-hybridized carbons (Fsp3) is 0. The summed E-state index contributed by atoms with van der Waals surface area (Å²) in [6, 6.07) is 62.0. The molecule has 11 rings (SSSR count). The van der Waals surface area contributed by atoms with E-state index in [1.165, 1.54) is 38.3 Å². The molecule has 0 unspecified atom stereocenters. The van der Waals surface area contributed by atoms with Crippen LogP contribution in [0.25, 0.3) is 105 Å². The van der Waals surface area contributed by atoms with Crippen LogP contribution in [0.3, 0.4) is 0 Å². The first-order valence-electron chi connectivity index (χ1n) is 17.6. The van der Waals surface area contributed by atoms with E-state index >= 15 is 0 Å². The normalized spacial score (nSPS) is 11.8. The first-order chi connectivity index (χ1) is 25.8. The molecule has 0 amide bonds. The Bertz CT molecular complexity index is 3180. The summed E-state index contributed by atoms with van der Waals surface area (Å²) in [6.45, 7) is 0. The van der Waals surface area contributed by atoms with E-state index in [2.05, 4.69) is 150 Å². The van der Waals surface area contributed by atoms with Gasteiger partial charge in [-0.1, -0.05) is 127 Å². The summed E-state index contributed by atoms with van der Waals surface area (Å²) in [5.41, 5.74) is 11.3. The smallest absolute Gasteiger partial charge is 0.161 e. The van der Waals surface area contributed by atoms with E-state index in [1.54, 1.807) is 0 Å². The minimum atomic E-state index is 0.680. The third-order valence-corrected chi connectivity index (χ3v) is 10.4. The number of furan rings is 1. The van der Waals surface area contributed by atoms with Gasteiger partial charge in [0, 0.05) is 43.4 Å². The fourth-order valence-electron chi connectivity index (χ4n) is 8.02. The molecule has 0 fully saturated rings. The van der Waals surface area contributed by atoms with Gasteiger partial charge in [0.05, 0.1) is 27.9 Å². The van der Waals surface area contributed by atoms with Crippen molar-refractivity contribution >= 4 is 65.4 Å². The van der Waals surface area contributed by atoms with E-state index in [0.717, 1.165) is 60.8 Å². The van der Waals surface area contributed by atoms with E-state index in [4.69, 9.17) is 14.4 Å². The van der Waals surface area contributed by atoms with Crippen LogP contribution in [0, 0.1) is 0 Å². The lowest BCUT2D eigenvalue weighted by atomic mass is 9.99. The van der Waals surface area contributed by atoms with Crippen LogP contribution in [0.5, 0.6) is 0 Å². The first-order valence-corrected chi connectivity index (χ1v) is 17.6. The van der Waals surface area contributed by atoms with E-state index in [1.807, 2.05) is 30.3 Å². The van der Waals surface area contributed by atoms with E-state index in [9.17, 15) is 0 Å². The van der Waals surface area contributed by atoms with Crippen molar-refractivity contribution in [2.24, 2.45) is 0 Å². The molecule has 52 heavy (non-hydrogen) atoms. The molecule has 0 saturated heterocycles. The largest absolute Gasteiger partial charge is 0.456 e. The van der Waals surface area contributed by atoms with E-state index in [-0.39, 0.29) is 0 Å². The van der Waals surface area contributed by atoms with Gasteiger partial charge in [-0.3, -0.25) is 0 Å². The minimum Gasteiger partial charge on any atom is -0.456 e. The van der Waals surface area contributed by atoms with Crippen molar-refractivity contribution in [3.8, 4) is 39.5 Å². The van der Waals surface area contributed by atoms with Gasteiger partial charge in [0.25, 0.3) is 0 Å². The lowest BCUT2D eigenvalue weighted by Crippen LogP contribution is -1.95. The molecule has 0 N–H and O–H groups in total. The van der Waals surface area contributed by atoms with Crippen LogP contribution in [0.1, 0.15) is 0 Å². The number of rotatable bonds is 4. The summed E-state index contributed by atoms with van der Waals surface area (Å²) in [4.78, 5) is 10.3. The highest BCUT2D eigenvalue weighted by Crippen LogP contribution is 2.41. The molecule has 0 aliphatic heterocycles. The summed E-state index contributed by atoms with van der Waals surface area (Å²) in [6.07, 6.45) is 0. The number of aromatic nitrogens is 3. The van der Waals surface area contributed by atoms with Crippen LogP contribution in [-0.2, 0) is 0 Å². The summed E-state index contributed by atoms with van der Waals surface area (Å²) in [7, 11) is 0. The van der Waals surface area contributed by atoms with Gasteiger partial charge in [0.1, 0.15) is 11.2 Å². The molecule has 4 nitrogen and oxygen atoms in total. The lowest BCUT2D eigenvalue weighted by Gasteiger charge is -2.12. The van der Waals surface area contributed by atoms with Crippen molar-refractivity contribution in [1.82, 2.24) is 14.5 Å². The van der Waals surface area contributed by atoms with E-state index in [0.29, 0.717) is 5.82 Å². The van der Waals surface area contributed by atoms with Crippen LogP contribution >= 0.6 is 0 Å². The quantitative estimate of drug-likeness (QED) is 0.188. The standard InChI is InChI=1S/C48H29N3O/c1-2-13-31(14-3-1)47-36-18-6-8-20-40(36)49-48(50-47)37-19-11-23-45-46(37)39-29-33(25-27-44(39)52-45)32-24-26-43-38(28-32)35-17-7-9-21-42(35)51(43)41-22-10-15-30-12-4-5-16-34(30)41/h1-29H. The van der Waals surface area contributed by atoms with Crippen molar-refractivity contribution in [3.05, 3.63) is 176 Å². The van der Waals surface area contributed by atoms with Gasteiger partial charge >= 0.3 is 0 Å². The second-order valence-electron chi connectivity index (χ2n) is 13.4. The molecule has 0 radical (unpaired) electrons. The molecule has 0 atom stereocenters. The van der Waals surface area contributed by atoms with Crippen LogP contribution in [0.4, 0.5) is 0 Å². The molecule has 0 spiro atoms. The summed E-state index contributed by atoms with van der Waals surface area (Å²) in [5, 5.41) is 8.00. The first kappa shape index (κ1) is 28.8. The Hall–Kier alpha value is -7.04. The Labute approximate surface area is 298 Å². The predicted octanol–water partition coefficient (Wildman–Crippen LogP) is 12.8. The van der Waals surface area contributed by atoms with E-state index < -0.39 is 0 Å². The van der Waals surface area contributed by atoms with Crippen molar-refractivity contribution in [3.63, 3.8) is 0 Å². The third-order valence-electron chi connectivity index (χ3n) is 10.4. The molecule has 0 aliphatic carbocycles. The monoisotopic (exact) mass is 663 g/mol. The summed E-state index contributed by atoms with van der Waals surface area (Å²) >= 11 is 0. The fourth-order valence-corrected chi connectivity index (χ4v) is 8.02. The topological polar surface area (TPSA) is 43.9 Å². The van der Waals surface area contributed by atoms with Crippen LogP contribution in [-0.4, -0.2) is 14.5 Å². The van der Waals surface area contributed by atoms with Crippen molar-refractivity contribution in [2.75, 3.05) is 0 Å². The third kappa shape index (κ3) is 4.34. The van der Waals surface area contributed by atoms with Gasteiger partial charge in [-0.25, -0.2) is 9.97 Å². The average Bonchev–Trinajstić information content (AvgIpc) is 3.75. The molecule has 3 heterocycles. The zero-order chi connectivity index (χ0) is 34.2. The van der Waals surface area contributed by atoms with Gasteiger partial charge in [-0.15, -0.1) is 0 Å². The minimum absolute atomic E-state index is 0.680. The Balaban J connectivity index is 1.11. The highest BCUT2D eigenvalue weighted by atomic mass is 16.3. The zero-order valence-electron chi connectivity index (χ0n) is 28.0. The molecule has 0 aliphatic rings. The van der Waals surface area contributed by atoms with Crippen molar-refractivity contribution in [2.45, 2.75) is 0 Å². The number of benzene rings is 8. The maximum absolute atomic E-state index is 6.46. The van der Waals surface area contributed by atoms with Gasteiger partial charge in [0.15, 0.2) is 5.82 Å². The molecule has 0 saturated carbocycles. The van der Waals surface area contributed by atoms with Gasteiger partial charge in [-0.2, -0.15) is 0 Å².